The smallest absolute Gasteiger partial charge is 0.267 e. The number of rotatable bonds is 10. The summed E-state index contributed by atoms with van der Waals surface area (Å²) in [6, 6.07) is 13.3. The highest BCUT2D eigenvalue weighted by molar-refractivity contribution is 7.92. The first-order chi connectivity index (χ1) is 17.3. The van der Waals surface area contributed by atoms with Gasteiger partial charge in [-0.05, 0) is 54.2 Å². The van der Waals surface area contributed by atoms with Gasteiger partial charge in [-0.1, -0.05) is 58.0 Å². The molecule has 1 aromatic heterocycles. The standard InChI is InChI=1S/C28H36N4O4S/c1-6-21(19-10-7-18(8-11-19)9-16-26(33)31-34)24(29)15-14-23-22-13-12-20(32-37(5,35)36)17-25(22)30-27(23)28(2,3)4/h7-13,16-17,21,29-30,32,34H,6,14-15H2,1-5H3,(H,31,33)/b16-9+,29-24?. The third-order valence-corrected chi connectivity index (χ3v) is 6.92. The summed E-state index contributed by atoms with van der Waals surface area (Å²) in [5.41, 5.74) is 7.55. The topological polar surface area (TPSA) is 135 Å². The fourth-order valence-corrected chi connectivity index (χ4v) is 5.15. The summed E-state index contributed by atoms with van der Waals surface area (Å²) in [4.78, 5) is 14.7. The minimum atomic E-state index is -3.37. The zero-order chi connectivity index (χ0) is 27.4. The van der Waals surface area contributed by atoms with Crippen LogP contribution in [0.5, 0.6) is 0 Å². The van der Waals surface area contributed by atoms with Gasteiger partial charge in [0.15, 0.2) is 0 Å². The number of sulfonamides is 1. The van der Waals surface area contributed by atoms with Crippen molar-refractivity contribution < 1.29 is 18.4 Å². The molecule has 3 rings (SSSR count). The Morgan fingerprint density at radius 3 is 2.41 bits per heavy atom. The molecule has 0 spiro atoms. The van der Waals surface area contributed by atoms with Gasteiger partial charge < -0.3 is 10.4 Å². The van der Waals surface area contributed by atoms with Crippen LogP contribution in [0, 0.1) is 5.41 Å². The number of benzene rings is 2. The lowest BCUT2D eigenvalue weighted by Crippen LogP contribution is -2.16. The number of hydroxylamine groups is 1. The number of aromatic nitrogens is 1. The second kappa shape index (κ2) is 11.3. The molecule has 37 heavy (non-hydrogen) atoms. The minimum absolute atomic E-state index is 0.0207. The molecule has 1 unspecified atom stereocenters. The quantitative estimate of drug-likeness (QED) is 0.104. The lowest BCUT2D eigenvalue weighted by molar-refractivity contribution is -0.124. The van der Waals surface area contributed by atoms with Gasteiger partial charge in [0.25, 0.3) is 5.91 Å². The maximum absolute atomic E-state index is 11.7. The number of aryl methyl sites for hydroxylation is 1. The van der Waals surface area contributed by atoms with E-state index >= 15 is 0 Å². The Hall–Kier alpha value is -3.43. The summed E-state index contributed by atoms with van der Waals surface area (Å²) >= 11 is 0. The van der Waals surface area contributed by atoms with Crippen LogP contribution in [0.25, 0.3) is 17.0 Å². The van der Waals surface area contributed by atoms with Gasteiger partial charge in [-0.3, -0.25) is 14.7 Å². The van der Waals surface area contributed by atoms with Gasteiger partial charge in [0.05, 0.1) is 11.9 Å². The largest absolute Gasteiger partial charge is 0.358 e. The number of carbonyl (C=O) groups is 1. The normalized spacial score (nSPS) is 13.1. The van der Waals surface area contributed by atoms with E-state index in [0.29, 0.717) is 24.2 Å². The molecule has 0 aliphatic carbocycles. The van der Waals surface area contributed by atoms with E-state index < -0.39 is 15.9 Å². The maximum Gasteiger partial charge on any atom is 0.267 e. The highest BCUT2D eigenvalue weighted by Crippen LogP contribution is 2.34. The molecule has 9 heteroatoms. The third kappa shape index (κ3) is 7.30. The number of carbonyl (C=O) groups excluding carboxylic acids is 1. The van der Waals surface area contributed by atoms with Gasteiger partial charge in [0.2, 0.25) is 10.0 Å². The number of hydrogen-bond acceptors (Lipinski definition) is 5. The summed E-state index contributed by atoms with van der Waals surface area (Å²) in [5.74, 6) is -0.611. The molecule has 1 heterocycles. The van der Waals surface area contributed by atoms with Gasteiger partial charge in [-0.25, -0.2) is 13.9 Å². The fraction of sp³-hybridized carbons (Fsp3) is 0.357. The van der Waals surface area contributed by atoms with Crippen LogP contribution < -0.4 is 10.2 Å². The highest BCUT2D eigenvalue weighted by Gasteiger charge is 2.24. The van der Waals surface area contributed by atoms with Crippen molar-refractivity contribution in [3.05, 3.63) is 70.9 Å². The van der Waals surface area contributed by atoms with Crippen molar-refractivity contribution in [1.82, 2.24) is 10.5 Å². The van der Waals surface area contributed by atoms with E-state index in [4.69, 9.17) is 10.6 Å². The Kier molecular flexibility index (Phi) is 8.60. The lowest BCUT2D eigenvalue weighted by atomic mass is 9.85. The number of fused-ring (bicyclic) bond motifs is 1. The SMILES string of the molecule is CCC(C(=N)CCc1c(C(C)(C)C)[nH]c2cc(NS(C)(=O)=O)ccc12)c1ccc(/C=C/C(=O)NO)cc1. The second-order valence-corrected chi connectivity index (χ2v) is 12.1. The van der Waals surface area contributed by atoms with E-state index in [9.17, 15) is 13.2 Å². The molecule has 0 saturated heterocycles. The monoisotopic (exact) mass is 524 g/mol. The first-order valence-electron chi connectivity index (χ1n) is 12.2. The molecule has 1 atom stereocenters. The van der Waals surface area contributed by atoms with Crippen LogP contribution in [0.1, 0.15) is 68.8 Å². The van der Waals surface area contributed by atoms with Crippen LogP contribution in [0.4, 0.5) is 5.69 Å². The molecule has 0 aliphatic rings. The van der Waals surface area contributed by atoms with Crippen molar-refractivity contribution in [3.8, 4) is 0 Å². The van der Waals surface area contributed by atoms with Gasteiger partial charge in [0, 0.05) is 39.7 Å². The van der Waals surface area contributed by atoms with E-state index in [1.54, 1.807) is 17.6 Å². The number of anilines is 1. The first kappa shape index (κ1) is 28.1. The Bertz CT molecular complexity index is 1410. The predicted molar refractivity (Wildman–Crippen MR) is 150 cm³/mol. The van der Waals surface area contributed by atoms with Crippen LogP contribution in [-0.4, -0.2) is 36.5 Å². The zero-order valence-corrected chi connectivity index (χ0v) is 22.8. The fourth-order valence-electron chi connectivity index (χ4n) is 4.60. The summed E-state index contributed by atoms with van der Waals surface area (Å²) in [5, 5.41) is 18.5. The molecule has 1 amide bonds. The minimum Gasteiger partial charge on any atom is -0.358 e. The molecule has 5 N–H and O–H groups in total. The third-order valence-electron chi connectivity index (χ3n) is 6.31. The molecule has 0 saturated carbocycles. The zero-order valence-electron chi connectivity index (χ0n) is 22.0. The van der Waals surface area contributed by atoms with E-state index in [1.807, 2.05) is 36.4 Å². The summed E-state index contributed by atoms with van der Waals surface area (Å²) in [6.07, 6.45) is 6.08. The summed E-state index contributed by atoms with van der Waals surface area (Å²) < 4.78 is 25.9. The Morgan fingerprint density at radius 1 is 1.16 bits per heavy atom. The van der Waals surface area contributed by atoms with Gasteiger partial charge in [0.1, 0.15) is 0 Å². The molecule has 3 aromatic rings. The van der Waals surface area contributed by atoms with Crippen LogP contribution in [0.2, 0.25) is 0 Å². The first-order valence-corrected chi connectivity index (χ1v) is 14.1. The summed E-state index contributed by atoms with van der Waals surface area (Å²) in [7, 11) is -3.37. The molecule has 0 aliphatic heterocycles. The average molecular weight is 525 g/mol. The lowest BCUT2D eigenvalue weighted by Gasteiger charge is -2.21. The van der Waals surface area contributed by atoms with E-state index in [-0.39, 0.29) is 11.3 Å². The van der Waals surface area contributed by atoms with Crippen LogP contribution in [-0.2, 0) is 26.7 Å². The van der Waals surface area contributed by atoms with Crippen LogP contribution >= 0.6 is 0 Å². The highest BCUT2D eigenvalue weighted by atomic mass is 32.2. The Morgan fingerprint density at radius 2 is 1.84 bits per heavy atom. The van der Waals surface area contributed by atoms with Crippen LogP contribution in [0.15, 0.2) is 48.5 Å². The maximum atomic E-state index is 11.7. The van der Waals surface area contributed by atoms with E-state index in [1.165, 1.54) is 6.08 Å². The Labute approximate surface area is 218 Å². The molecule has 2 aromatic carbocycles. The van der Waals surface area contributed by atoms with Gasteiger partial charge in [-0.15, -0.1) is 0 Å². The molecule has 0 bridgehead atoms. The molecule has 198 valence electrons. The van der Waals surface area contributed by atoms with Gasteiger partial charge in [-0.2, -0.15) is 0 Å². The Balaban J connectivity index is 1.83. The summed E-state index contributed by atoms with van der Waals surface area (Å²) in [6.45, 7) is 8.48. The van der Waals surface area contributed by atoms with Crippen molar-refractivity contribution in [2.24, 2.45) is 0 Å². The molecular formula is C28H36N4O4S. The second-order valence-electron chi connectivity index (χ2n) is 10.3. The van der Waals surface area contributed by atoms with Crippen molar-refractivity contribution in [1.29, 1.82) is 5.41 Å². The van der Waals surface area contributed by atoms with E-state index in [0.717, 1.165) is 46.0 Å². The van der Waals surface area contributed by atoms with Crippen molar-refractivity contribution in [2.45, 2.75) is 58.3 Å². The number of aromatic amines is 1. The van der Waals surface area contributed by atoms with Crippen molar-refractivity contribution >= 4 is 44.3 Å². The van der Waals surface area contributed by atoms with Crippen LogP contribution in [0.3, 0.4) is 0 Å². The van der Waals surface area contributed by atoms with Crippen molar-refractivity contribution in [3.63, 3.8) is 0 Å². The molecule has 8 nitrogen and oxygen atoms in total. The van der Waals surface area contributed by atoms with Crippen molar-refractivity contribution in [2.75, 3.05) is 11.0 Å². The average Bonchev–Trinajstić information content (AvgIpc) is 3.19. The molecule has 0 radical (unpaired) electrons. The molecule has 0 fully saturated rings. The molecular weight excluding hydrogens is 488 g/mol. The number of amides is 1. The number of H-pyrrole nitrogens is 1. The number of nitrogens with one attached hydrogen (secondary N) is 4. The predicted octanol–water partition coefficient (Wildman–Crippen LogP) is 5.50. The number of hydrogen-bond donors (Lipinski definition) is 5. The van der Waals surface area contributed by atoms with E-state index in [2.05, 4.69) is 37.4 Å². The van der Waals surface area contributed by atoms with Gasteiger partial charge >= 0.3 is 0 Å².